The molecule has 2 heterocycles. The molecule has 19 heavy (non-hydrogen) atoms. The summed E-state index contributed by atoms with van der Waals surface area (Å²) in [7, 11) is 0. The molecule has 1 N–H and O–H groups in total. The van der Waals surface area contributed by atoms with Crippen LogP contribution in [0.15, 0.2) is 28.1 Å². The summed E-state index contributed by atoms with van der Waals surface area (Å²) in [4.78, 5) is 5.85. The summed E-state index contributed by atoms with van der Waals surface area (Å²) in [6, 6.07) is 6.93. The monoisotopic (exact) mass is 338 g/mol. The molecule has 1 atom stereocenters. The van der Waals surface area contributed by atoms with Crippen molar-refractivity contribution in [2.75, 3.05) is 6.54 Å². The second kappa shape index (κ2) is 6.64. The SMILES string of the molecule is CCNC(Cc1cc(Br)cs1)c1cc(C)nc(C)c1. The average Bonchev–Trinajstić information content (AvgIpc) is 2.73. The lowest BCUT2D eigenvalue weighted by Gasteiger charge is -2.18. The second-order valence-corrected chi connectivity index (χ2v) is 6.64. The van der Waals surface area contributed by atoms with Crippen LogP contribution in [0.5, 0.6) is 0 Å². The normalized spacial score (nSPS) is 12.6. The van der Waals surface area contributed by atoms with Crippen LogP contribution in [0.3, 0.4) is 0 Å². The standard InChI is InChI=1S/C15H19BrN2S/c1-4-17-15(8-14-7-13(16)9-19-14)12-5-10(2)18-11(3)6-12/h5-7,9,15,17H,4,8H2,1-3H3. The van der Waals surface area contributed by atoms with Crippen molar-refractivity contribution in [2.45, 2.75) is 33.2 Å². The molecule has 0 saturated heterocycles. The zero-order chi connectivity index (χ0) is 13.8. The van der Waals surface area contributed by atoms with Gasteiger partial charge < -0.3 is 5.32 Å². The summed E-state index contributed by atoms with van der Waals surface area (Å²) in [5.74, 6) is 0. The summed E-state index contributed by atoms with van der Waals surface area (Å²) in [6.07, 6.45) is 1.02. The maximum absolute atomic E-state index is 4.46. The van der Waals surface area contributed by atoms with Gasteiger partial charge >= 0.3 is 0 Å². The molecule has 2 rings (SSSR count). The molecule has 0 aliphatic rings. The number of aromatic nitrogens is 1. The molecule has 0 aliphatic heterocycles. The molecule has 2 aromatic heterocycles. The van der Waals surface area contributed by atoms with Crippen molar-refractivity contribution >= 4 is 27.3 Å². The van der Waals surface area contributed by atoms with Gasteiger partial charge in [-0.05, 0) is 60.1 Å². The Morgan fingerprint density at radius 3 is 2.47 bits per heavy atom. The van der Waals surface area contributed by atoms with Gasteiger partial charge in [0.1, 0.15) is 0 Å². The Balaban J connectivity index is 2.23. The molecule has 0 aliphatic carbocycles. The van der Waals surface area contributed by atoms with Gasteiger partial charge in [-0.15, -0.1) is 11.3 Å². The molecule has 0 amide bonds. The summed E-state index contributed by atoms with van der Waals surface area (Å²) < 4.78 is 1.17. The fourth-order valence-electron chi connectivity index (χ4n) is 2.28. The van der Waals surface area contributed by atoms with E-state index in [1.165, 1.54) is 14.9 Å². The van der Waals surface area contributed by atoms with Crippen molar-refractivity contribution in [3.8, 4) is 0 Å². The Morgan fingerprint density at radius 2 is 1.95 bits per heavy atom. The van der Waals surface area contributed by atoms with E-state index in [-0.39, 0.29) is 0 Å². The van der Waals surface area contributed by atoms with Crippen LogP contribution in [0.4, 0.5) is 0 Å². The molecule has 0 bridgehead atoms. The first-order valence-electron chi connectivity index (χ1n) is 6.50. The predicted molar refractivity (Wildman–Crippen MR) is 85.9 cm³/mol. The third-order valence-corrected chi connectivity index (χ3v) is 4.70. The Kier molecular flexibility index (Phi) is 5.13. The van der Waals surface area contributed by atoms with E-state index >= 15 is 0 Å². The zero-order valence-electron chi connectivity index (χ0n) is 11.5. The summed E-state index contributed by atoms with van der Waals surface area (Å²) in [5, 5.41) is 5.71. The van der Waals surface area contributed by atoms with Gasteiger partial charge in [0.15, 0.2) is 0 Å². The third kappa shape index (κ3) is 4.13. The van der Waals surface area contributed by atoms with Crippen LogP contribution in [-0.4, -0.2) is 11.5 Å². The van der Waals surface area contributed by atoms with Crippen molar-refractivity contribution in [3.05, 3.63) is 49.9 Å². The molecule has 4 heteroatoms. The van der Waals surface area contributed by atoms with E-state index in [1.807, 2.05) is 0 Å². The van der Waals surface area contributed by atoms with Gasteiger partial charge in [-0.2, -0.15) is 0 Å². The first-order valence-corrected chi connectivity index (χ1v) is 8.17. The van der Waals surface area contributed by atoms with Gasteiger partial charge in [-0.25, -0.2) is 0 Å². The number of rotatable bonds is 5. The van der Waals surface area contributed by atoms with Crippen molar-refractivity contribution in [1.29, 1.82) is 0 Å². The molecule has 0 aromatic carbocycles. The summed E-state index contributed by atoms with van der Waals surface area (Å²) in [5.41, 5.74) is 3.51. The Labute approximate surface area is 127 Å². The minimum absolute atomic E-state index is 0.357. The molecule has 2 nitrogen and oxygen atoms in total. The van der Waals surface area contributed by atoms with E-state index in [0.29, 0.717) is 6.04 Å². The van der Waals surface area contributed by atoms with Crippen LogP contribution in [0.25, 0.3) is 0 Å². The van der Waals surface area contributed by atoms with Crippen LogP contribution in [0, 0.1) is 13.8 Å². The van der Waals surface area contributed by atoms with E-state index in [9.17, 15) is 0 Å². The molecule has 2 aromatic rings. The first kappa shape index (κ1) is 14.7. The number of nitrogens with zero attached hydrogens (tertiary/aromatic N) is 1. The largest absolute Gasteiger partial charge is 0.310 e. The van der Waals surface area contributed by atoms with Gasteiger partial charge in [0.2, 0.25) is 0 Å². The number of nitrogens with one attached hydrogen (secondary N) is 1. The summed E-state index contributed by atoms with van der Waals surface area (Å²) in [6.45, 7) is 7.23. The highest BCUT2D eigenvalue weighted by atomic mass is 79.9. The quantitative estimate of drug-likeness (QED) is 0.872. The number of likely N-dealkylation sites (N-methyl/N-ethyl adjacent to an activating group) is 1. The highest BCUT2D eigenvalue weighted by Gasteiger charge is 2.13. The molecule has 0 spiro atoms. The molecular weight excluding hydrogens is 320 g/mol. The number of hydrogen-bond donors (Lipinski definition) is 1. The van der Waals surface area contributed by atoms with Crippen molar-refractivity contribution in [3.63, 3.8) is 0 Å². The van der Waals surface area contributed by atoms with E-state index in [4.69, 9.17) is 0 Å². The van der Waals surface area contributed by atoms with Gasteiger partial charge in [-0.3, -0.25) is 4.98 Å². The minimum atomic E-state index is 0.357. The lowest BCUT2D eigenvalue weighted by atomic mass is 10.0. The number of aryl methyl sites for hydroxylation is 2. The Morgan fingerprint density at radius 1 is 1.26 bits per heavy atom. The molecule has 102 valence electrons. The highest BCUT2D eigenvalue weighted by Crippen LogP contribution is 2.26. The smallest absolute Gasteiger partial charge is 0.0379 e. The Bertz CT molecular complexity index is 531. The number of thiophene rings is 1. The molecule has 0 fully saturated rings. The van der Waals surface area contributed by atoms with E-state index in [1.54, 1.807) is 11.3 Å². The summed E-state index contributed by atoms with van der Waals surface area (Å²) >= 11 is 5.32. The zero-order valence-corrected chi connectivity index (χ0v) is 13.9. The maximum Gasteiger partial charge on any atom is 0.0379 e. The fraction of sp³-hybridized carbons (Fsp3) is 0.400. The molecule has 0 radical (unpaired) electrons. The second-order valence-electron chi connectivity index (χ2n) is 4.73. The lowest BCUT2D eigenvalue weighted by molar-refractivity contribution is 0.552. The number of halogens is 1. The highest BCUT2D eigenvalue weighted by molar-refractivity contribution is 9.10. The average molecular weight is 339 g/mol. The van der Waals surface area contributed by atoms with Gasteiger partial charge in [0.05, 0.1) is 0 Å². The maximum atomic E-state index is 4.46. The third-order valence-electron chi connectivity index (χ3n) is 2.98. The van der Waals surface area contributed by atoms with Gasteiger partial charge in [0, 0.05) is 38.6 Å². The molecule has 0 saturated carbocycles. The Hall–Kier alpha value is -0.710. The first-order chi connectivity index (χ1) is 9.08. The van der Waals surface area contributed by atoms with E-state index in [2.05, 4.69) is 70.6 Å². The predicted octanol–water partition coefficient (Wildman–Crippen LogP) is 4.42. The number of pyridine rings is 1. The van der Waals surface area contributed by atoms with Crippen molar-refractivity contribution in [2.24, 2.45) is 0 Å². The van der Waals surface area contributed by atoms with E-state index in [0.717, 1.165) is 24.4 Å². The van der Waals surface area contributed by atoms with Crippen LogP contribution in [0.1, 0.15) is 34.8 Å². The van der Waals surface area contributed by atoms with Gasteiger partial charge in [0.25, 0.3) is 0 Å². The molecular formula is C15H19BrN2S. The van der Waals surface area contributed by atoms with Crippen LogP contribution in [-0.2, 0) is 6.42 Å². The van der Waals surface area contributed by atoms with Crippen molar-refractivity contribution < 1.29 is 0 Å². The van der Waals surface area contributed by atoms with Crippen LogP contribution in [0.2, 0.25) is 0 Å². The van der Waals surface area contributed by atoms with E-state index < -0.39 is 0 Å². The van der Waals surface area contributed by atoms with Crippen LogP contribution >= 0.6 is 27.3 Å². The number of hydrogen-bond acceptors (Lipinski definition) is 3. The molecule has 1 unspecified atom stereocenters. The lowest BCUT2D eigenvalue weighted by Crippen LogP contribution is -2.23. The van der Waals surface area contributed by atoms with Crippen molar-refractivity contribution in [1.82, 2.24) is 10.3 Å². The van der Waals surface area contributed by atoms with Crippen LogP contribution < -0.4 is 5.32 Å². The fourth-order valence-corrected chi connectivity index (χ4v) is 3.78. The van der Waals surface area contributed by atoms with Gasteiger partial charge in [-0.1, -0.05) is 6.92 Å². The minimum Gasteiger partial charge on any atom is -0.310 e. The topological polar surface area (TPSA) is 24.9 Å².